The van der Waals surface area contributed by atoms with E-state index in [0.717, 1.165) is 22.4 Å². The first-order chi connectivity index (χ1) is 13.9. The van der Waals surface area contributed by atoms with Crippen LogP contribution in [-0.4, -0.2) is 35.6 Å². The molecule has 0 bridgehead atoms. The summed E-state index contributed by atoms with van der Waals surface area (Å²) in [5, 5.41) is 0. The van der Waals surface area contributed by atoms with Crippen LogP contribution in [0, 0.1) is 13.8 Å². The Morgan fingerprint density at radius 1 is 1.00 bits per heavy atom. The molecule has 0 saturated heterocycles. The number of carbonyl (C=O) groups excluding carboxylic acids is 1. The molecule has 0 aliphatic rings. The number of amides is 1. The summed E-state index contributed by atoms with van der Waals surface area (Å²) in [5.74, 6) is 0.481. The van der Waals surface area contributed by atoms with Gasteiger partial charge in [0.15, 0.2) is 0 Å². The number of likely N-dealkylation sites (N-methyl/N-ethyl adjacent to an activating group) is 1. The highest BCUT2D eigenvalue weighted by molar-refractivity contribution is 5.93. The number of carbonyl (C=O) groups is 1. The molecule has 2 aromatic carbocycles. The highest BCUT2D eigenvalue weighted by atomic mass is 16.5. The summed E-state index contributed by atoms with van der Waals surface area (Å²) in [6, 6.07) is 19.0. The predicted molar refractivity (Wildman–Crippen MR) is 115 cm³/mol. The minimum Gasteiger partial charge on any atom is -0.492 e. The monoisotopic (exact) mass is 390 g/mol. The van der Waals surface area contributed by atoms with Crippen molar-refractivity contribution >= 4 is 5.91 Å². The summed E-state index contributed by atoms with van der Waals surface area (Å²) < 4.78 is 7.34. The maximum Gasteiger partial charge on any atom is 0.263 e. The van der Waals surface area contributed by atoms with Gasteiger partial charge >= 0.3 is 0 Å². The maximum absolute atomic E-state index is 12.8. The molecule has 0 atom stereocenters. The standard InChI is InChI=1S/C24H26N2O3/c1-18-14-19(2)16-21(15-18)29-13-12-25(3)23(27)22-10-7-11-26(24(22)28)17-20-8-5-4-6-9-20/h4-11,14-16H,12-13,17H2,1-3H3. The SMILES string of the molecule is Cc1cc(C)cc(OCCN(C)C(=O)c2cccn(Cc3ccccc3)c2=O)c1. The molecule has 3 rings (SSSR count). The van der Waals surface area contributed by atoms with Gasteiger partial charge in [-0.2, -0.15) is 0 Å². The Morgan fingerprint density at radius 3 is 2.38 bits per heavy atom. The fraction of sp³-hybridized carbons (Fsp3) is 0.250. The molecule has 5 nitrogen and oxygen atoms in total. The van der Waals surface area contributed by atoms with E-state index in [9.17, 15) is 9.59 Å². The molecule has 3 aromatic rings. The van der Waals surface area contributed by atoms with Crippen LogP contribution in [0.2, 0.25) is 0 Å². The normalized spacial score (nSPS) is 10.6. The third kappa shape index (κ3) is 5.35. The van der Waals surface area contributed by atoms with Gasteiger partial charge in [0.2, 0.25) is 0 Å². The van der Waals surface area contributed by atoms with Crippen molar-refractivity contribution in [2.45, 2.75) is 20.4 Å². The number of aryl methyl sites for hydroxylation is 2. The van der Waals surface area contributed by atoms with Crippen molar-refractivity contribution < 1.29 is 9.53 Å². The highest BCUT2D eigenvalue weighted by Gasteiger charge is 2.16. The fourth-order valence-electron chi connectivity index (χ4n) is 3.23. The second-order valence-corrected chi connectivity index (χ2v) is 7.24. The van der Waals surface area contributed by atoms with Crippen molar-refractivity contribution in [1.29, 1.82) is 0 Å². The van der Waals surface area contributed by atoms with Crippen LogP contribution in [0.4, 0.5) is 0 Å². The molecule has 1 amide bonds. The highest BCUT2D eigenvalue weighted by Crippen LogP contribution is 2.16. The molecule has 29 heavy (non-hydrogen) atoms. The third-order valence-corrected chi connectivity index (χ3v) is 4.68. The molecule has 0 spiro atoms. The van der Waals surface area contributed by atoms with Crippen LogP contribution < -0.4 is 10.3 Å². The average molecular weight is 390 g/mol. The lowest BCUT2D eigenvalue weighted by molar-refractivity contribution is 0.0771. The number of pyridine rings is 1. The number of rotatable bonds is 7. The average Bonchev–Trinajstić information content (AvgIpc) is 2.69. The molecular weight excluding hydrogens is 364 g/mol. The summed E-state index contributed by atoms with van der Waals surface area (Å²) >= 11 is 0. The smallest absolute Gasteiger partial charge is 0.263 e. The van der Waals surface area contributed by atoms with E-state index < -0.39 is 0 Å². The second-order valence-electron chi connectivity index (χ2n) is 7.24. The first kappa shape index (κ1) is 20.4. The van der Waals surface area contributed by atoms with Crippen molar-refractivity contribution in [3.05, 3.63) is 99.5 Å². The van der Waals surface area contributed by atoms with Crippen molar-refractivity contribution in [2.75, 3.05) is 20.2 Å². The third-order valence-electron chi connectivity index (χ3n) is 4.68. The van der Waals surface area contributed by atoms with Gasteiger partial charge in [-0.25, -0.2) is 0 Å². The zero-order valence-corrected chi connectivity index (χ0v) is 17.1. The number of hydrogen-bond donors (Lipinski definition) is 0. The molecule has 0 aliphatic heterocycles. The molecular formula is C24H26N2O3. The summed E-state index contributed by atoms with van der Waals surface area (Å²) in [5.41, 5.74) is 3.15. The van der Waals surface area contributed by atoms with Gasteiger partial charge in [0, 0.05) is 13.2 Å². The lowest BCUT2D eigenvalue weighted by atomic mass is 10.1. The Labute approximate surface area is 171 Å². The van der Waals surface area contributed by atoms with E-state index in [2.05, 4.69) is 6.07 Å². The lowest BCUT2D eigenvalue weighted by Crippen LogP contribution is -2.36. The molecule has 0 radical (unpaired) electrons. The number of nitrogens with zero attached hydrogens (tertiary/aromatic N) is 2. The number of benzene rings is 2. The largest absolute Gasteiger partial charge is 0.492 e. The Hall–Kier alpha value is -3.34. The molecule has 150 valence electrons. The van der Waals surface area contributed by atoms with Crippen LogP contribution in [0.3, 0.4) is 0 Å². The number of ether oxygens (including phenoxy) is 1. The van der Waals surface area contributed by atoms with Gasteiger partial charge in [-0.3, -0.25) is 9.59 Å². The van der Waals surface area contributed by atoms with Crippen LogP contribution in [0.5, 0.6) is 5.75 Å². The summed E-state index contributed by atoms with van der Waals surface area (Å²) in [6.45, 7) is 5.21. The lowest BCUT2D eigenvalue weighted by Gasteiger charge is -2.18. The molecule has 5 heteroatoms. The van der Waals surface area contributed by atoms with Crippen LogP contribution in [0.1, 0.15) is 27.0 Å². The maximum atomic E-state index is 12.8. The molecule has 0 saturated carbocycles. The van der Waals surface area contributed by atoms with Gasteiger partial charge < -0.3 is 14.2 Å². The number of hydrogen-bond acceptors (Lipinski definition) is 3. The molecule has 0 fully saturated rings. The number of aromatic nitrogens is 1. The zero-order valence-electron chi connectivity index (χ0n) is 17.1. The summed E-state index contributed by atoms with van der Waals surface area (Å²) in [4.78, 5) is 27.1. The van der Waals surface area contributed by atoms with E-state index >= 15 is 0 Å². The van der Waals surface area contributed by atoms with E-state index in [1.165, 1.54) is 4.90 Å². The minimum absolute atomic E-state index is 0.164. The fourth-order valence-corrected chi connectivity index (χ4v) is 3.23. The van der Waals surface area contributed by atoms with Gasteiger partial charge in [0.05, 0.1) is 13.1 Å². The second kappa shape index (κ2) is 9.24. The van der Waals surface area contributed by atoms with Gasteiger partial charge in [0.1, 0.15) is 17.9 Å². The first-order valence-electron chi connectivity index (χ1n) is 9.64. The van der Waals surface area contributed by atoms with E-state index in [4.69, 9.17) is 4.74 Å². The minimum atomic E-state index is -0.304. The van der Waals surface area contributed by atoms with Gasteiger partial charge in [0.25, 0.3) is 11.5 Å². The summed E-state index contributed by atoms with van der Waals surface area (Å²) in [7, 11) is 1.68. The zero-order chi connectivity index (χ0) is 20.8. The van der Waals surface area contributed by atoms with Gasteiger partial charge in [-0.05, 0) is 54.8 Å². The molecule has 0 aliphatic carbocycles. The van der Waals surface area contributed by atoms with E-state index in [1.807, 2.05) is 56.3 Å². The first-order valence-corrected chi connectivity index (χ1v) is 9.64. The topological polar surface area (TPSA) is 51.5 Å². The molecule has 1 heterocycles. The Morgan fingerprint density at radius 2 is 1.69 bits per heavy atom. The van der Waals surface area contributed by atoms with Crippen LogP contribution in [-0.2, 0) is 6.54 Å². The van der Waals surface area contributed by atoms with Crippen LogP contribution in [0.15, 0.2) is 71.7 Å². The molecule has 0 N–H and O–H groups in total. The molecule has 0 unspecified atom stereocenters. The molecule has 1 aromatic heterocycles. The van der Waals surface area contributed by atoms with Gasteiger partial charge in [-0.15, -0.1) is 0 Å². The van der Waals surface area contributed by atoms with Gasteiger partial charge in [-0.1, -0.05) is 36.4 Å². The van der Waals surface area contributed by atoms with Crippen LogP contribution in [0.25, 0.3) is 0 Å². The van der Waals surface area contributed by atoms with Crippen molar-refractivity contribution in [3.8, 4) is 5.75 Å². The Kier molecular flexibility index (Phi) is 6.50. The quantitative estimate of drug-likeness (QED) is 0.619. The predicted octanol–water partition coefficient (Wildman–Crippen LogP) is 3.66. The van der Waals surface area contributed by atoms with E-state index in [1.54, 1.807) is 29.9 Å². The van der Waals surface area contributed by atoms with Crippen molar-refractivity contribution in [3.63, 3.8) is 0 Å². The van der Waals surface area contributed by atoms with Crippen molar-refractivity contribution in [1.82, 2.24) is 9.47 Å². The van der Waals surface area contributed by atoms with Crippen molar-refractivity contribution in [2.24, 2.45) is 0 Å². The van der Waals surface area contributed by atoms with Crippen LogP contribution >= 0.6 is 0 Å². The van der Waals surface area contributed by atoms with E-state index in [-0.39, 0.29) is 17.0 Å². The summed E-state index contributed by atoms with van der Waals surface area (Å²) in [6.07, 6.45) is 1.70. The Bertz CT molecular complexity index is 1020. The van der Waals surface area contributed by atoms with E-state index in [0.29, 0.717) is 19.7 Å². The Balaban J connectivity index is 1.64.